The van der Waals surface area contributed by atoms with Gasteiger partial charge in [0.25, 0.3) is 0 Å². The minimum absolute atomic E-state index is 0.280. The monoisotopic (exact) mass is 268 g/mol. The number of unbranched alkanes of at least 4 members (excludes halogenated alkanes) is 5. The SMILES string of the molecule is CCCCCCCCS(=O)(=O)c1ccc(C)cc1. The molecule has 2 nitrogen and oxygen atoms in total. The predicted octanol–water partition coefficient (Wildman–Crippen LogP) is 4.13. The first kappa shape index (κ1) is 15.2. The highest BCUT2D eigenvalue weighted by Gasteiger charge is 2.13. The Balaban J connectivity index is 2.38. The second-order valence-corrected chi connectivity index (χ2v) is 7.01. The summed E-state index contributed by atoms with van der Waals surface area (Å²) in [7, 11) is -3.07. The highest BCUT2D eigenvalue weighted by Crippen LogP contribution is 2.14. The van der Waals surface area contributed by atoms with Crippen molar-refractivity contribution < 1.29 is 8.42 Å². The molecule has 0 aliphatic heterocycles. The summed E-state index contributed by atoms with van der Waals surface area (Å²) in [5.74, 6) is 0.280. The highest BCUT2D eigenvalue weighted by atomic mass is 32.2. The van der Waals surface area contributed by atoms with Crippen LogP contribution in [0.25, 0.3) is 0 Å². The molecule has 0 bridgehead atoms. The van der Waals surface area contributed by atoms with Gasteiger partial charge in [-0.15, -0.1) is 0 Å². The second kappa shape index (κ2) is 7.57. The molecule has 0 unspecified atom stereocenters. The molecule has 0 fully saturated rings. The second-order valence-electron chi connectivity index (χ2n) is 4.90. The van der Waals surface area contributed by atoms with Crippen LogP contribution in [-0.4, -0.2) is 14.2 Å². The van der Waals surface area contributed by atoms with Gasteiger partial charge < -0.3 is 0 Å². The fourth-order valence-electron chi connectivity index (χ4n) is 1.94. The lowest BCUT2D eigenvalue weighted by Gasteiger charge is -2.05. The van der Waals surface area contributed by atoms with E-state index in [2.05, 4.69) is 6.92 Å². The zero-order valence-electron chi connectivity index (χ0n) is 11.5. The van der Waals surface area contributed by atoms with Crippen LogP contribution in [0.2, 0.25) is 0 Å². The number of rotatable bonds is 8. The Morgan fingerprint density at radius 3 is 2.06 bits per heavy atom. The largest absolute Gasteiger partial charge is 0.224 e. The molecule has 0 N–H and O–H groups in total. The van der Waals surface area contributed by atoms with E-state index in [4.69, 9.17) is 0 Å². The molecule has 0 saturated carbocycles. The fourth-order valence-corrected chi connectivity index (χ4v) is 3.31. The summed E-state index contributed by atoms with van der Waals surface area (Å²) in [5.41, 5.74) is 1.09. The third-order valence-corrected chi connectivity index (χ3v) is 4.96. The zero-order valence-corrected chi connectivity index (χ0v) is 12.3. The molecule has 1 aromatic rings. The maximum atomic E-state index is 12.0. The number of benzene rings is 1. The molecular formula is C15H24O2S. The van der Waals surface area contributed by atoms with Crippen molar-refractivity contribution in [3.05, 3.63) is 29.8 Å². The molecule has 0 aliphatic carbocycles. The first-order chi connectivity index (χ1) is 8.56. The van der Waals surface area contributed by atoms with Crippen LogP contribution in [0.15, 0.2) is 29.2 Å². The van der Waals surface area contributed by atoms with Gasteiger partial charge in [-0.25, -0.2) is 8.42 Å². The first-order valence-corrected chi connectivity index (χ1v) is 8.51. The van der Waals surface area contributed by atoms with Crippen molar-refractivity contribution in [2.24, 2.45) is 0 Å². The molecule has 0 amide bonds. The molecule has 0 atom stereocenters. The molecule has 0 aromatic heterocycles. The van der Waals surface area contributed by atoms with Crippen LogP contribution in [0.4, 0.5) is 0 Å². The third kappa shape index (κ3) is 5.21. The summed E-state index contributed by atoms with van der Waals surface area (Å²) < 4.78 is 24.1. The van der Waals surface area contributed by atoms with Crippen LogP contribution < -0.4 is 0 Å². The highest BCUT2D eigenvalue weighted by molar-refractivity contribution is 7.91. The quantitative estimate of drug-likeness (QED) is 0.664. The zero-order chi connectivity index (χ0) is 13.4. The Kier molecular flexibility index (Phi) is 6.41. The van der Waals surface area contributed by atoms with Crippen LogP contribution in [0, 0.1) is 6.92 Å². The van der Waals surface area contributed by atoms with Gasteiger partial charge in [-0.05, 0) is 25.5 Å². The van der Waals surface area contributed by atoms with Gasteiger partial charge >= 0.3 is 0 Å². The molecule has 18 heavy (non-hydrogen) atoms. The standard InChI is InChI=1S/C15H24O2S/c1-3-4-5-6-7-8-13-18(16,17)15-11-9-14(2)10-12-15/h9-12H,3-8,13H2,1-2H3. The first-order valence-electron chi connectivity index (χ1n) is 6.85. The summed E-state index contributed by atoms with van der Waals surface area (Å²) in [6.45, 7) is 4.14. The van der Waals surface area contributed by atoms with E-state index in [-0.39, 0.29) is 5.75 Å². The molecule has 1 aromatic carbocycles. The van der Waals surface area contributed by atoms with Crippen LogP contribution in [0.1, 0.15) is 51.0 Å². The molecule has 3 heteroatoms. The Hall–Kier alpha value is -0.830. The predicted molar refractivity (Wildman–Crippen MR) is 76.6 cm³/mol. The van der Waals surface area contributed by atoms with Gasteiger partial charge in [0.1, 0.15) is 0 Å². The van der Waals surface area contributed by atoms with Crippen LogP contribution >= 0.6 is 0 Å². The molecule has 1 rings (SSSR count). The van der Waals surface area contributed by atoms with Crippen molar-refractivity contribution in [3.8, 4) is 0 Å². The lowest BCUT2D eigenvalue weighted by atomic mass is 10.1. The summed E-state index contributed by atoms with van der Waals surface area (Å²) in [4.78, 5) is 0.460. The average Bonchev–Trinajstić information content (AvgIpc) is 2.34. The van der Waals surface area contributed by atoms with E-state index in [1.807, 2.05) is 19.1 Å². The Morgan fingerprint density at radius 2 is 1.44 bits per heavy atom. The van der Waals surface area contributed by atoms with Crippen LogP contribution in [0.3, 0.4) is 0 Å². The Morgan fingerprint density at radius 1 is 0.889 bits per heavy atom. The summed E-state index contributed by atoms with van der Waals surface area (Å²) in [6, 6.07) is 7.13. The van der Waals surface area contributed by atoms with Gasteiger partial charge in [0, 0.05) is 0 Å². The van der Waals surface area contributed by atoms with Gasteiger partial charge in [0.15, 0.2) is 9.84 Å². The average molecular weight is 268 g/mol. The molecular weight excluding hydrogens is 244 g/mol. The molecule has 0 radical (unpaired) electrons. The summed E-state index contributed by atoms with van der Waals surface area (Å²) in [6.07, 6.45) is 6.65. The van der Waals surface area contributed by atoms with Crippen molar-refractivity contribution in [1.29, 1.82) is 0 Å². The Bertz CT molecular complexity index is 432. The molecule has 0 saturated heterocycles. The molecule has 102 valence electrons. The van der Waals surface area contributed by atoms with Gasteiger partial charge in [-0.2, -0.15) is 0 Å². The van der Waals surface area contributed by atoms with E-state index in [1.54, 1.807) is 12.1 Å². The van der Waals surface area contributed by atoms with Crippen molar-refractivity contribution in [2.75, 3.05) is 5.75 Å². The molecule has 0 spiro atoms. The van der Waals surface area contributed by atoms with E-state index in [1.165, 1.54) is 19.3 Å². The number of hydrogen-bond acceptors (Lipinski definition) is 2. The summed E-state index contributed by atoms with van der Waals surface area (Å²) in [5, 5.41) is 0. The maximum absolute atomic E-state index is 12.0. The number of aryl methyl sites for hydroxylation is 1. The molecule has 0 heterocycles. The van der Waals surface area contributed by atoms with Crippen molar-refractivity contribution >= 4 is 9.84 Å². The van der Waals surface area contributed by atoms with E-state index in [0.717, 1.165) is 24.8 Å². The van der Waals surface area contributed by atoms with Crippen LogP contribution in [0.5, 0.6) is 0 Å². The van der Waals surface area contributed by atoms with Crippen molar-refractivity contribution in [2.45, 2.75) is 57.3 Å². The van der Waals surface area contributed by atoms with E-state index >= 15 is 0 Å². The normalized spacial score (nSPS) is 11.7. The van der Waals surface area contributed by atoms with Crippen molar-refractivity contribution in [1.82, 2.24) is 0 Å². The van der Waals surface area contributed by atoms with Crippen LogP contribution in [-0.2, 0) is 9.84 Å². The third-order valence-electron chi connectivity index (χ3n) is 3.15. The van der Waals surface area contributed by atoms with Gasteiger partial charge in [-0.1, -0.05) is 56.7 Å². The number of hydrogen-bond donors (Lipinski definition) is 0. The lowest BCUT2D eigenvalue weighted by Crippen LogP contribution is -2.06. The molecule has 0 aliphatic rings. The topological polar surface area (TPSA) is 34.1 Å². The van der Waals surface area contributed by atoms with E-state index in [9.17, 15) is 8.42 Å². The van der Waals surface area contributed by atoms with E-state index in [0.29, 0.717) is 4.90 Å². The smallest absolute Gasteiger partial charge is 0.178 e. The van der Waals surface area contributed by atoms with Gasteiger partial charge in [0.05, 0.1) is 10.6 Å². The Labute approximate surface area is 111 Å². The summed E-state index contributed by atoms with van der Waals surface area (Å²) >= 11 is 0. The van der Waals surface area contributed by atoms with E-state index < -0.39 is 9.84 Å². The minimum Gasteiger partial charge on any atom is -0.224 e. The fraction of sp³-hybridized carbons (Fsp3) is 0.600. The lowest BCUT2D eigenvalue weighted by molar-refractivity contribution is 0.583. The van der Waals surface area contributed by atoms with Crippen molar-refractivity contribution in [3.63, 3.8) is 0 Å². The number of sulfone groups is 1. The van der Waals surface area contributed by atoms with Gasteiger partial charge in [0.2, 0.25) is 0 Å². The maximum Gasteiger partial charge on any atom is 0.178 e. The van der Waals surface area contributed by atoms with Gasteiger partial charge in [-0.3, -0.25) is 0 Å². The minimum atomic E-state index is -3.07.